The molecule has 9 aromatic carbocycles. The van der Waals surface area contributed by atoms with Gasteiger partial charge in [-0.3, -0.25) is 0 Å². The number of nitrogens with zero attached hydrogens (tertiary/aromatic N) is 3. The molecule has 0 N–H and O–H groups in total. The third kappa shape index (κ3) is 6.46. The lowest BCUT2D eigenvalue weighted by Crippen LogP contribution is -2.32. The summed E-state index contributed by atoms with van der Waals surface area (Å²) in [6, 6.07) is 80.9. The molecule has 3 heteroatoms. The summed E-state index contributed by atoms with van der Waals surface area (Å²) in [5.41, 5.74) is 19.3. The lowest BCUT2D eigenvalue weighted by molar-refractivity contribution is 0.465. The predicted molar refractivity (Wildman–Crippen MR) is 274 cm³/mol. The van der Waals surface area contributed by atoms with Gasteiger partial charge in [-0.1, -0.05) is 206 Å². The van der Waals surface area contributed by atoms with Gasteiger partial charge in [0, 0.05) is 28.5 Å². The molecule has 0 radical (unpaired) electrons. The van der Waals surface area contributed by atoms with Crippen LogP contribution in [0.25, 0.3) is 89.8 Å². The van der Waals surface area contributed by atoms with Gasteiger partial charge in [-0.2, -0.15) is 0 Å². The van der Waals surface area contributed by atoms with E-state index < -0.39 is 0 Å². The van der Waals surface area contributed by atoms with Gasteiger partial charge in [0.2, 0.25) is 0 Å². The molecule has 0 amide bonds. The summed E-state index contributed by atoms with van der Waals surface area (Å²) in [5.74, 6) is 2.31. The Hall–Kier alpha value is -8.53. The molecule has 1 aromatic heterocycles. The van der Waals surface area contributed by atoms with Crippen molar-refractivity contribution in [2.45, 2.75) is 11.3 Å². The minimum atomic E-state index is -0.383. The van der Waals surface area contributed by atoms with Gasteiger partial charge in [-0.05, 0) is 120 Å². The van der Waals surface area contributed by atoms with Crippen molar-refractivity contribution in [3.05, 3.63) is 271 Å². The van der Waals surface area contributed by atoms with Crippen LogP contribution in [0.5, 0.6) is 0 Å². The van der Waals surface area contributed by atoms with Gasteiger partial charge >= 0.3 is 0 Å². The van der Waals surface area contributed by atoms with Crippen LogP contribution in [0.3, 0.4) is 0 Å². The Morgan fingerprint density at radius 3 is 1.10 bits per heavy atom. The van der Waals surface area contributed by atoms with Crippen LogP contribution in [0.4, 0.5) is 0 Å². The van der Waals surface area contributed by atoms with E-state index in [4.69, 9.17) is 15.0 Å². The molecule has 13 rings (SSSR count). The topological polar surface area (TPSA) is 38.7 Å². The molecule has 0 bridgehead atoms. The molecule has 0 saturated carbocycles. The largest absolute Gasteiger partial charge is 0.208 e. The molecule has 2 unspecified atom stereocenters. The quantitative estimate of drug-likeness (QED) is 0.160. The van der Waals surface area contributed by atoms with Crippen molar-refractivity contribution in [2.24, 2.45) is 5.92 Å². The summed E-state index contributed by atoms with van der Waals surface area (Å²) in [6.07, 6.45) is 9.30. The molecule has 1 heterocycles. The second-order valence-corrected chi connectivity index (χ2v) is 17.9. The number of hydrogen-bond acceptors (Lipinski definition) is 3. The predicted octanol–water partition coefficient (Wildman–Crippen LogP) is 15.7. The van der Waals surface area contributed by atoms with Crippen molar-refractivity contribution in [1.82, 2.24) is 15.0 Å². The summed E-state index contributed by atoms with van der Waals surface area (Å²) in [5, 5.41) is 0. The minimum absolute atomic E-state index is 0.214. The Balaban J connectivity index is 1.07. The van der Waals surface area contributed by atoms with Crippen molar-refractivity contribution in [2.75, 3.05) is 0 Å². The van der Waals surface area contributed by atoms with Gasteiger partial charge in [0.15, 0.2) is 17.5 Å². The first-order valence-electron chi connectivity index (χ1n) is 23.2. The summed E-state index contributed by atoms with van der Waals surface area (Å²) in [7, 11) is 0. The molecular weight excluding hydrogens is 811 g/mol. The summed E-state index contributed by atoms with van der Waals surface area (Å²) in [4.78, 5) is 16.5. The van der Waals surface area contributed by atoms with Crippen LogP contribution in [0.2, 0.25) is 0 Å². The highest BCUT2D eigenvalue weighted by atomic mass is 15.0. The molecule has 10 aromatic rings. The van der Waals surface area contributed by atoms with Crippen molar-refractivity contribution in [3.8, 4) is 89.8 Å². The van der Waals surface area contributed by atoms with E-state index >= 15 is 0 Å². The first-order valence-corrected chi connectivity index (χ1v) is 23.2. The van der Waals surface area contributed by atoms with Gasteiger partial charge in [-0.15, -0.1) is 0 Å². The van der Waals surface area contributed by atoms with E-state index in [1.807, 2.05) is 0 Å². The van der Waals surface area contributed by atoms with E-state index in [9.17, 15) is 0 Å². The Labute approximate surface area is 391 Å². The van der Waals surface area contributed by atoms with Crippen LogP contribution in [-0.2, 0) is 5.41 Å². The van der Waals surface area contributed by atoms with E-state index in [2.05, 4.69) is 249 Å². The standard InChI is InChI=1S/C64H43N3/c1-5-19-42(20-6-1)47-35-48(43-21-7-2-8-22-43)38-51(37-47)62-65-61(66-63(67-62)52-39-49(44-23-9-3-10-24-44)36-50(40-52)45-25-11-4-12-26-45)46-33-34-56-55-29-15-18-32-59(55)64(60(56)41-46)57-30-16-13-27-53(57)54-28-14-17-31-58(54)64/h1-41,55,59H. The van der Waals surface area contributed by atoms with Gasteiger partial charge < -0.3 is 0 Å². The van der Waals surface area contributed by atoms with Gasteiger partial charge in [0.1, 0.15) is 0 Å². The molecule has 1 spiro atoms. The smallest absolute Gasteiger partial charge is 0.164 e. The molecule has 3 nitrogen and oxygen atoms in total. The zero-order chi connectivity index (χ0) is 44.3. The van der Waals surface area contributed by atoms with Gasteiger partial charge in [0.05, 0.1) is 5.41 Å². The second-order valence-electron chi connectivity index (χ2n) is 17.9. The first kappa shape index (κ1) is 38.9. The van der Waals surface area contributed by atoms with Gasteiger partial charge in [-0.25, -0.2) is 15.0 Å². The lowest BCUT2D eigenvalue weighted by Gasteiger charge is -2.36. The van der Waals surface area contributed by atoms with Crippen LogP contribution in [0.15, 0.2) is 249 Å². The number of aromatic nitrogens is 3. The van der Waals surface area contributed by atoms with Crippen LogP contribution in [0, 0.1) is 5.92 Å². The first-order chi connectivity index (χ1) is 33.2. The number of fused-ring (bicyclic) bond motifs is 10. The molecular formula is C64H43N3. The maximum absolute atomic E-state index is 5.50. The van der Waals surface area contributed by atoms with Crippen LogP contribution < -0.4 is 0 Å². The molecule has 67 heavy (non-hydrogen) atoms. The lowest BCUT2D eigenvalue weighted by atomic mass is 9.65. The summed E-state index contributed by atoms with van der Waals surface area (Å²) < 4.78 is 0. The van der Waals surface area contributed by atoms with E-state index in [-0.39, 0.29) is 17.3 Å². The van der Waals surface area contributed by atoms with Crippen molar-refractivity contribution < 1.29 is 0 Å². The maximum atomic E-state index is 5.50. The minimum Gasteiger partial charge on any atom is -0.208 e. The van der Waals surface area contributed by atoms with E-state index in [1.54, 1.807) is 0 Å². The highest BCUT2D eigenvalue weighted by Gasteiger charge is 2.57. The number of benzene rings is 9. The normalized spacial score (nSPS) is 15.8. The molecule has 3 aliphatic carbocycles. The fourth-order valence-corrected chi connectivity index (χ4v) is 11.2. The van der Waals surface area contributed by atoms with Crippen molar-refractivity contribution in [1.29, 1.82) is 0 Å². The highest BCUT2D eigenvalue weighted by Crippen LogP contribution is 2.65. The average molecular weight is 854 g/mol. The summed E-state index contributed by atoms with van der Waals surface area (Å²) in [6.45, 7) is 0. The zero-order valence-corrected chi connectivity index (χ0v) is 36.7. The fourth-order valence-electron chi connectivity index (χ4n) is 11.2. The molecule has 0 saturated heterocycles. The molecule has 0 fully saturated rings. The Kier molecular flexibility index (Phi) is 9.21. The third-order valence-electron chi connectivity index (χ3n) is 14.2. The number of hydrogen-bond donors (Lipinski definition) is 0. The van der Waals surface area contributed by atoms with Crippen molar-refractivity contribution >= 4 is 0 Å². The monoisotopic (exact) mass is 853 g/mol. The molecule has 2 atom stereocenters. The van der Waals surface area contributed by atoms with E-state index in [0.717, 1.165) is 61.2 Å². The zero-order valence-electron chi connectivity index (χ0n) is 36.7. The Morgan fingerprint density at radius 2 is 0.657 bits per heavy atom. The maximum Gasteiger partial charge on any atom is 0.164 e. The summed E-state index contributed by atoms with van der Waals surface area (Å²) >= 11 is 0. The molecule has 3 aliphatic rings. The Bertz CT molecular complexity index is 3270. The number of rotatable bonds is 7. The SMILES string of the molecule is C1=CC2c3ccc(-c4nc(-c5cc(-c6ccccc6)cc(-c6ccccc6)c5)nc(-c5cc(-c6ccccc6)cc(-c6ccccc6)c5)n4)cc3C3(c4ccccc4-c4ccccc43)C2C=C1. The molecule has 0 aliphatic heterocycles. The number of allylic oxidation sites excluding steroid dienone is 4. The third-order valence-corrected chi connectivity index (χ3v) is 14.2. The van der Waals surface area contributed by atoms with E-state index in [1.165, 1.54) is 33.4 Å². The van der Waals surface area contributed by atoms with Crippen LogP contribution in [-0.4, -0.2) is 15.0 Å². The van der Waals surface area contributed by atoms with Gasteiger partial charge in [0.25, 0.3) is 0 Å². The van der Waals surface area contributed by atoms with Crippen LogP contribution in [0.1, 0.15) is 28.2 Å². The van der Waals surface area contributed by atoms with Crippen molar-refractivity contribution in [3.63, 3.8) is 0 Å². The molecule has 314 valence electrons. The Morgan fingerprint density at radius 1 is 0.284 bits per heavy atom. The van der Waals surface area contributed by atoms with Crippen LogP contribution >= 0.6 is 0 Å². The average Bonchev–Trinajstić information content (AvgIpc) is 3.88. The fraction of sp³-hybridized carbons (Fsp3) is 0.0469. The van der Waals surface area contributed by atoms with E-state index in [0.29, 0.717) is 17.5 Å². The second kappa shape index (κ2) is 15.9. The highest BCUT2D eigenvalue weighted by molar-refractivity contribution is 5.87.